The summed E-state index contributed by atoms with van der Waals surface area (Å²) in [6.45, 7) is 2.34. The largest absolute Gasteiger partial charge is 0.329 e. The lowest BCUT2D eigenvalue weighted by Gasteiger charge is -2.36. The molecule has 1 aliphatic rings. The van der Waals surface area contributed by atoms with E-state index in [4.69, 9.17) is 0 Å². The Kier molecular flexibility index (Phi) is 3.74. The summed E-state index contributed by atoms with van der Waals surface area (Å²) in [6.07, 6.45) is 3.55. The summed E-state index contributed by atoms with van der Waals surface area (Å²) in [6, 6.07) is 13.5. The maximum Gasteiger partial charge on any atom is 0.254 e. The van der Waals surface area contributed by atoms with Crippen LogP contribution in [0.5, 0.6) is 0 Å². The molecule has 1 amide bonds. The van der Waals surface area contributed by atoms with Gasteiger partial charge in [0, 0.05) is 37.6 Å². The first-order chi connectivity index (χ1) is 9.86. The van der Waals surface area contributed by atoms with Crippen LogP contribution in [-0.4, -0.2) is 35.4 Å². The number of carbonyl (C=O) groups is 1. The van der Waals surface area contributed by atoms with E-state index >= 15 is 0 Å². The minimum absolute atomic E-state index is 0.0689. The van der Waals surface area contributed by atoms with Crippen LogP contribution in [0.25, 0.3) is 0 Å². The van der Waals surface area contributed by atoms with Crippen LogP contribution in [0, 0.1) is 0 Å². The van der Waals surface area contributed by atoms with Crippen LogP contribution in [-0.2, 0) is 0 Å². The average molecular weight is 267 g/mol. The molecule has 0 aliphatic carbocycles. The van der Waals surface area contributed by atoms with Crippen LogP contribution < -0.4 is 5.32 Å². The minimum atomic E-state index is 0.0689. The molecule has 20 heavy (non-hydrogen) atoms. The smallest absolute Gasteiger partial charge is 0.254 e. The Morgan fingerprint density at radius 1 is 1.15 bits per heavy atom. The molecule has 2 aromatic rings. The first-order valence-corrected chi connectivity index (χ1v) is 6.83. The Balaban J connectivity index is 1.88. The lowest BCUT2D eigenvalue weighted by Crippen LogP contribution is -2.48. The van der Waals surface area contributed by atoms with Crippen LogP contribution in [0.4, 0.5) is 0 Å². The number of pyridine rings is 1. The average Bonchev–Trinajstić information content (AvgIpc) is 2.56. The number of rotatable bonds is 2. The number of nitrogens with one attached hydrogen (secondary N) is 1. The van der Waals surface area contributed by atoms with Gasteiger partial charge in [-0.1, -0.05) is 18.2 Å². The Morgan fingerprint density at radius 2 is 1.90 bits per heavy atom. The number of nitrogens with zero attached hydrogens (tertiary/aromatic N) is 2. The number of carbonyl (C=O) groups excluding carboxylic acids is 1. The summed E-state index contributed by atoms with van der Waals surface area (Å²) in [5, 5.41) is 3.36. The first kappa shape index (κ1) is 12.8. The van der Waals surface area contributed by atoms with Gasteiger partial charge in [-0.2, -0.15) is 0 Å². The van der Waals surface area contributed by atoms with E-state index in [0.717, 1.165) is 30.8 Å². The van der Waals surface area contributed by atoms with Gasteiger partial charge < -0.3 is 10.2 Å². The molecule has 102 valence electrons. The van der Waals surface area contributed by atoms with Crippen molar-refractivity contribution < 1.29 is 4.79 Å². The van der Waals surface area contributed by atoms with Crippen molar-refractivity contribution in [2.45, 2.75) is 6.04 Å². The fraction of sp³-hybridized carbons (Fsp3) is 0.250. The normalized spacial score (nSPS) is 18.8. The lowest BCUT2D eigenvalue weighted by atomic mass is 10.0. The maximum atomic E-state index is 12.7. The van der Waals surface area contributed by atoms with E-state index in [1.165, 1.54) is 0 Å². The van der Waals surface area contributed by atoms with Gasteiger partial charge in [0.2, 0.25) is 0 Å². The molecule has 0 spiro atoms. The van der Waals surface area contributed by atoms with Gasteiger partial charge in [0.15, 0.2) is 0 Å². The summed E-state index contributed by atoms with van der Waals surface area (Å²) in [4.78, 5) is 18.7. The standard InChI is InChI=1S/C16H17N3O/c20-16(14-4-2-1-3-5-14)19-11-10-18-12-15(19)13-6-8-17-9-7-13/h1-9,15,18H,10-12H2. The molecule has 2 heterocycles. The zero-order valence-corrected chi connectivity index (χ0v) is 11.2. The molecule has 4 heteroatoms. The second-order valence-corrected chi connectivity index (χ2v) is 4.87. The Morgan fingerprint density at radius 3 is 2.65 bits per heavy atom. The molecular formula is C16H17N3O. The van der Waals surface area contributed by atoms with E-state index in [1.807, 2.05) is 47.4 Å². The molecule has 0 saturated carbocycles. The molecular weight excluding hydrogens is 250 g/mol. The number of aromatic nitrogens is 1. The SMILES string of the molecule is O=C(c1ccccc1)N1CCNCC1c1ccncc1. The van der Waals surface area contributed by atoms with E-state index in [9.17, 15) is 4.79 Å². The molecule has 1 aromatic carbocycles. The molecule has 1 fully saturated rings. The second kappa shape index (κ2) is 5.84. The molecule has 1 aromatic heterocycles. The van der Waals surface area contributed by atoms with Crippen LogP contribution in [0.1, 0.15) is 22.0 Å². The van der Waals surface area contributed by atoms with Crippen LogP contribution in [0.3, 0.4) is 0 Å². The summed E-state index contributed by atoms with van der Waals surface area (Å²) >= 11 is 0. The minimum Gasteiger partial charge on any atom is -0.329 e. The summed E-state index contributed by atoms with van der Waals surface area (Å²) < 4.78 is 0. The van der Waals surface area contributed by atoms with Gasteiger partial charge in [-0.25, -0.2) is 0 Å². The van der Waals surface area contributed by atoms with Crippen molar-refractivity contribution in [3.8, 4) is 0 Å². The quantitative estimate of drug-likeness (QED) is 0.903. The number of piperazine rings is 1. The van der Waals surface area contributed by atoms with E-state index in [1.54, 1.807) is 12.4 Å². The topological polar surface area (TPSA) is 45.2 Å². The third kappa shape index (κ3) is 2.56. The highest BCUT2D eigenvalue weighted by Crippen LogP contribution is 2.23. The highest BCUT2D eigenvalue weighted by atomic mass is 16.2. The molecule has 4 nitrogen and oxygen atoms in total. The van der Waals surface area contributed by atoms with Gasteiger partial charge in [-0.15, -0.1) is 0 Å². The molecule has 1 unspecified atom stereocenters. The Hall–Kier alpha value is -2.20. The van der Waals surface area contributed by atoms with Crippen molar-refractivity contribution >= 4 is 5.91 Å². The zero-order valence-electron chi connectivity index (χ0n) is 11.2. The molecule has 1 atom stereocenters. The van der Waals surface area contributed by atoms with Gasteiger partial charge >= 0.3 is 0 Å². The third-order valence-electron chi connectivity index (χ3n) is 3.62. The van der Waals surface area contributed by atoms with Crippen molar-refractivity contribution in [3.63, 3.8) is 0 Å². The molecule has 1 saturated heterocycles. The van der Waals surface area contributed by atoms with Crippen molar-refractivity contribution in [3.05, 3.63) is 66.0 Å². The highest BCUT2D eigenvalue weighted by molar-refractivity contribution is 5.94. The van der Waals surface area contributed by atoms with Gasteiger partial charge in [0.25, 0.3) is 5.91 Å². The first-order valence-electron chi connectivity index (χ1n) is 6.83. The predicted octanol–water partition coefficient (Wildman–Crippen LogP) is 1.87. The third-order valence-corrected chi connectivity index (χ3v) is 3.62. The summed E-state index contributed by atoms with van der Waals surface area (Å²) in [5.41, 5.74) is 1.87. The van der Waals surface area contributed by atoms with E-state index < -0.39 is 0 Å². The van der Waals surface area contributed by atoms with Crippen molar-refractivity contribution in [2.24, 2.45) is 0 Å². The Bertz CT molecular complexity index is 571. The maximum absolute atomic E-state index is 12.7. The number of hydrogen-bond acceptors (Lipinski definition) is 3. The van der Waals surface area contributed by atoms with Gasteiger partial charge in [0.1, 0.15) is 0 Å². The Labute approximate surface area is 118 Å². The fourth-order valence-corrected chi connectivity index (χ4v) is 2.58. The zero-order chi connectivity index (χ0) is 13.8. The number of amides is 1. The van der Waals surface area contributed by atoms with Gasteiger partial charge in [0.05, 0.1) is 6.04 Å². The van der Waals surface area contributed by atoms with E-state index in [-0.39, 0.29) is 11.9 Å². The van der Waals surface area contributed by atoms with Crippen LogP contribution in [0.15, 0.2) is 54.9 Å². The molecule has 1 N–H and O–H groups in total. The van der Waals surface area contributed by atoms with Gasteiger partial charge in [-0.05, 0) is 29.8 Å². The lowest BCUT2D eigenvalue weighted by molar-refractivity contribution is 0.0634. The highest BCUT2D eigenvalue weighted by Gasteiger charge is 2.28. The van der Waals surface area contributed by atoms with Crippen molar-refractivity contribution in [1.29, 1.82) is 0 Å². The molecule has 0 radical (unpaired) electrons. The number of benzene rings is 1. The van der Waals surface area contributed by atoms with Crippen LogP contribution >= 0.6 is 0 Å². The predicted molar refractivity (Wildman–Crippen MR) is 77.3 cm³/mol. The van der Waals surface area contributed by atoms with Crippen molar-refractivity contribution in [1.82, 2.24) is 15.2 Å². The molecule has 0 bridgehead atoms. The van der Waals surface area contributed by atoms with E-state index in [2.05, 4.69) is 10.3 Å². The van der Waals surface area contributed by atoms with Gasteiger partial charge in [-0.3, -0.25) is 9.78 Å². The van der Waals surface area contributed by atoms with Crippen LogP contribution in [0.2, 0.25) is 0 Å². The number of hydrogen-bond donors (Lipinski definition) is 1. The summed E-state index contributed by atoms with van der Waals surface area (Å²) in [5.74, 6) is 0.0916. The monoisotopic (exact) mass is 267 g/mol. The molecule has 3 rings (SSSR count). The van der Waals surface area contributed by atoms with Crippen molar-refractivity contribution in [2.75, 3.05) is 19.6 Å². The fourth-order valence-electron chi connectivity index (χ4n) is 2.58. The summed E-state index contributed by atoms with van der Waals surface area (Å²) in [7, 11) is 0. The van der Waals surface area contributed by atoms with E-state index in [0.29, 0.717) is 0 Å². The second-order valence-electron chi connectivity index (χ2n) is 4.87. The molecule has 1 aliphatic heterocycles.